The lowest BCUT2D eigenvalue weighted by molar-refractivity contribution is 0.0374. The fraction of sp³-hybridized carbons (Fsp3) is 0.588. The summed E-state index contributed by atoms with van der Waals surface area (Å²) in [6.45, 7) is 9.35. The summed E-state index contributed by atoms with van der Waals surface area (Å²) in [4.78, 5) is 19.0. The van der Waals surface area contributed by atoms with Gasteiger partial charge in [0, 0.05) is 37.3 Å². The summed E-state index contributed by atoms with van der Waals surface area (Å²) in [6.07, 6.45) is 4.32. The molecule has 1 amide bonds. The Bertz CT molecular complexity index is 691. The molecule has 0 radical (unpaired) electrons. The molecule has 1 fully saturated rings. The second kappa shape index (κ2) is 7.72. The van der Waals surface area contributed by atoms with Gasteiger partial charge in [0.1, 0.15) is 0 Å². The van der Waals surface area contributed by atoms with E-state index in [1.54, 1.807) is 12.4 Å². The number of morpholine rings is 1. The number of pyridine rings is 1. The van der Waals surface area contributed by atoms with Crippen molar-refractivity contribution in [1.82, 2.24) is 25.0 Å². The molecule has 1 saturated heterocycles. The number of nitrogens with one attached hydrogen (secondary N) is 1. The Morgan fingerprint density at radius 3 is 2.88 bits per heavy atom. The molecule has 3 heterocycles. The molecule has 1 aliphatic rings. The minimum Gasteiger partial charge on any atom is -0.379 e. The molecule has 0 atom stereocenters. The van der Waals surface area contributed by atoms with Crippen LogP contribution in [0.2, 0.25) is 0 Å². The third-order valence-electron chi connectivity index (χ3n) is 4.23. The largest absolute Gasteiger partial charge is 0.379 e. The molecule has 1 aliphatic heterocycles. The highest BCUT2D eigenvalue weighted by atomic mass is 16.5. The van der Waals surface area contributed by atoms with Crippen LogP contribution < -0.4 is 5.32 Å². The predicted octanol–water partition coefficient (Wildman–Crippen LogP) is 1.46. The minimum absolute atomic E-state index is 0.0799. The Hall–Kier alpha value is -1.99. The van der Waals surface area contributed by atoms with Crippen molar-refractivity contribution in [3.05, 3.63) is 24.0 Å². The van der Waals surface area contributed by atoms with E-state index in [4.69, 9.17) is 4.74 Å². The van der Waals surface area contributed by atoms with E-state index in [0.717, 1.165) is 50.3 Å². The lowest BCUT2D eigenvalue weighted by atomic mass is 10.2. The zero-order valence-electron chi connectivity index (χ0n) is 14.4. The van der Waals surface area contributed by atoms with Gasteiger partial charge < -0.3 is 10.1 Å². The van der Waals surface area contributed by atoms with Crippen LogP contribution in [0, 0.1) is 0 Å². The van der Waals surface area contributed by atoms with Crippen LogP contribution in [0.4, 0.5) is 0 Å². The van der Waals surface area contributed by atoms with Gasteiger partial charge in [0.2, 0.25) is 0 Å². The predicted molar refractivity (Wildman–Crippen MR) is 92.1 cm³/mol. The fourth-order valence-electron chi connectivity index (χ4n) is 2.87. The molecule has 0 unspecified atom stereocenters. The van der Waals surface area contributed by atoms with E-state index in [9.17, 15) is 4.79 Å². The Kier molecular flexibility index (Phi) is 5.42. The van der Waals surface area contributed by atoms with Gasteiger partial charge >= 0.3 is 0 Å². The number of carbonyl (C=O) groups excluding carboxylic acids is 1. The first-order chi connectivity index (χ1) is 11.6. The molecule has 0 saturated carbocycles. The Morgan fingerprint density at radius 2 is 2.12 bits per heavy atom. The standard InChI is InChI=1S/C17H25N5O2/c1-13(2)22-16-14(12-20-22)10-15(11-19-16)17(23)18-4-3-5-21-6-8-24-9-7-21/h10-13H,3-9H2,1-2H3,(H,18,23). The van der Waals surface area contributed by atoms with Gasteiger partial charge in [0.25, 0.3) is 5.91 Å². The number of carbonyl (C=O) groups is 1. The summed E-state index contributed by atoms with van der Waals surface area (Å²) >= 11 is 0. The van der Waals surface area contributed by atoms with Gasteiger partial charge in [0.05, 0.1) is 25.0 Å². The summed E-state index contributed by atoms with van der Waals surface area (Å²) in [5.74, 6) is -0.0799. The number of fused-ring (bicyclic) bond motifs is 1. The fourth-order valence-corrected chi connectivity index (χ4v) is 2.87. The van der Waals surface area contributed by atoms with E-state index in [-0.39, 0.29) is 11.9 Å². The normalized spacial score (nSPS) is 16.0. The third-order valence-corrected chi connectivity index (χ3v) is 4.23. The molecule has 3 rings (SSSR count). The average molecular weight is 331 g/mol. The monoisotopic (exact) mass is 331 g/mol. The molecule has 130 valence electrons. The van der Waals surface area contributed by atoms with E-state index in [1.807, 2.05) is 10.7 Å². The summed E-state index contributed by atoms with van der Waals surface area (Å²) in [5.41, 5.74) is 1.39. The number of amides is 1. The van der Waals surface area contributed by atoms with E-state index in [2.05, 4.69) is 34.1 Å². The van der Waals surface area contributed by atoms with Gasteiger partial charge in [-0.25, -0.2) is 9.67 Å². The molecule has 7 nitrogen and oxygen atoms in total. The first kappa shape index (κ1) is 16.9. The summed E-state index contributed by atoms with van der Waals surface area (Å²) in [7, 11) is 0. The topological polar surface area (TPSA) is 72.3 Å². The molecule has 2 aromatic heterocycles. The summed E-state index contributed by atoms with van der Waals surface area (Å²) in [6, 6.07) is 2.10. The second-order valence-corrected chi connectivity index (χ2v) is 6.38. The molecule has 2 aromatic rings. The maximum absolute atomic E-state index is 12.3. The van der Waals surface area contributed by atoms with Crippen LogP contribution in [-0.2, 0) is 4.74 Å². The zero-order chi connectivity index (χ0) is 16.9. The van der Waals surface area contributed by atoms with Gasteiger partial charge in [-0.3, -0.25) is 9.69 Å². The molecule has 1 N–H and O–H groups in total. The van der Waals surface area contributed by atoms with Crippen molar-refractivity contribution in [1.29, 1.82) is 0 Å². The van der Waals surface area contributed by atoms with E-state index in [1.165, 1.54) is 0 Å². The smallest absolute Gasteiger partial charge is 0.252 e. The average Bonchev–Trinajstić information content (AvgIpc) is 3.03. The first-order valence-electron chi connectivity index (χ1n) is 8.56. The number of nitrogens with zero attached hydrogens (tertiary/aromatic N) is 4. The van der Waals surface area contributed by atoms with E-state index < -0.39 is 0 Å². The van der Waals surface area contributed by atoms with Crippen LogP contribution in [0.1, 0.15) is 36.7 Å². The zero-order valence-corrected chi connectivity index (χ0v) is 14.4. The molecule has 0 aliphatic carbocycles. The Balaban J connectivity index is 1.52. The first-order valence-corrected chi connectivity index (χ1v) is 8.56. The van der Waals surface area contributed by atoms with Crippen molar-refractivity contribution in [2.45, 2.75) is 26.3 Å². The lowest BCUT2D eigenvalue weighted by Gasteiger charge is -2.26. The highest BCUT2D eigenvalue weighted by Gasteiger charge is 2.12. The van der Waals surface area contributed by atoms with E-state index >= 15 is 0 Å². The van der Waals surface area contributed by atoms with Crippen LogP contribution in [0.15, 0.2) is 18.5 Å². The van der Waals surface area contributed by atoms with Crippen molar-refractivity contribution in [2.75, 3.05) is 39.4 Å². The Morgan fingerprint density at radius 1 is 1.33 bits per heavy atom. The van der Waals surface area contributed by atoms with Crippen LogP contribution in [-0.4, -0.2) is 65.0 Å². The highest BCUT2D eigenvalue weighted by molar-refractivity contribution is 5.96. The van der Waals surface area contributed by atoms with Crippen LogP contribution in [0.3, 0.4) is 0 Å². The second-order valence-electron chi connectivity index (χ2n) is 6.38. The SMILES string of the molecule is CC(C)n1ncc2cc(C(=O)NCCCN3CCOCC3)cnc21. The van der Waals surface area contributed by atoms with Crippen molar-refractivity contribution < 1.29 is 9.53 Å². The molecule has 7 heteroatoms. The molecule has 0 bridgehead atoms. The van der Waals surface area contributed by atoms with Crippen LogP contribution in [0.25, 0.3) is 11.0 Å². The summed E-state index contributed by atoms with van der Waals surface area (Å²) in [5, 5.41) is 8.19. The molecule has 24 heavy (non-hydrogen) atoms. The maximum Gasteiger partial charge on any atom is 0.252 e. The number of ether oxygens (including phenoxy) is 1. The van der Waals surface area contributed by atoms with Crippen LogP contribution >= 0.6 is 0 Å². The van der Waals surface area contributed by atoms with E-state index in [0.29, 0.717) is 12.1 Å². The van der Waals surface area contributed by atoms with Crippen molar-refractivity contribution in [3.63, 3.8) is 0 Å². The maximum atomic E-state index is 12.3. The quantitative estimate of drug-likeness (QED) is 0.812. The molecule has 0 aromatic carbocycles. The van der Waals surface area contributed by atoms with Crippen molar-refractivity contribution in [2.24, 2.45) is 0 Å². The number of hydrogen-bond donors (Lipinski definition) is 1. The summed E-state index contributed by atoms with van der Waals surface area (Å²) < 4.78 is 7.19. The lowest BCUT2D eigenvalue weighted by Crippen LogP contribution is -2.38. The number of aromatic nitrogens is 3. The van der Waals surface area contributed by atoms with Gasteiger partial charge in [-0.05, 0) is 32.9 Å². The molecular weight excluding hydrogens is 306 g/mol. The third kappa shape index (κ3) is 3.91. The van der Waals surface area contributed by atoms with Gasteiger partial charge in [0.15, 0.2) is 5.65 Å². The minimum atomic E-state index is -0.0799. The van der Waals surface area contributed by atoms with Gasteiger partial charge in [-0.1, -0.05) is 0 Å². The number of rotatable bonds is 6. The van der Waals surface area contributed by atoms with Gasteiger partial charge in [-0.2, -0.15) is 5.10 Å². The van der Waals surface area contributed by atoms with Crippen molar-refractivity contribution >= 4 is 16.9 Å². The molecular formula is C17H25N5O2. The molecule has 0 spiro atoms. The van der Waals surface area contributed by atoms with Crippen LogP contribution in [0.5, 0.6) is 0 Å². The highest BCUT2D eigenvalue weighted by Crippen LogP contribution is 2.16. The number of hydrogen-bond acceptors (Lipinski definition) is 5. The van der Waals surface area contributed by atoms with Gasteiger partial charge in [-0.15, -0.1) is 0 Å². The Labute approximate surface area is 142 Å². The van der Waals surface area contributed by atoms with Crippen molar-refractivity contribution in [3.8, 4) is 0 Å².